The molecule has 152 valence electrons. The molecule has 0 aliphatic heterocycles. The Morgan fingerprint density at radius 3 is 2.40 bits per heavy atom. The number of nitrogens with two attached hydrogens (primary N) is 1. The Balaban J connectivity index is 1.59. The lowest BCUT2D eigenvalue weighted by molar-refractivity contribution is -0.119. The molecule has 2 N–H and O–H groups in total. The van der Waals surface area contributed by atoms with Gasteiger partial charge in [0.05, 0.1) is 11.1 Å². The molecule has 0 fully saturated rings. The van der Waals surface area contributed by atoms with Gasteiger partial charge in [0, 0.05) is 5.56 Å². The second kappa shape index (κ2) is 8.34. The van der Waals surface area contributed by atoms with Crippen LogP contribution in [0, 0.1) is 0 Å². The average Bonchev–Trinajstić information content (AvgIpc) is 3.28. The largest absolute Gasteiger partial charge is 0.494 e. The van der Waals surface area contributed by atoms with Gasteiger partial charge in [-0.25, -0.2) is 0 Å². The standard InChI is InChI=1S/C21H18N4O4S/c1-2-28-15-9-5-14(6-10-15)19-23-21-25(24-19)20(27)17(30-21)11-13-3-7-16(8-4-13)29-12-18(22)26/h3-11H,2,12H2,1H3,(H2,22,26)/b17-11-. The maximum Gasteiger partial charge on any atom is 0.291 e. The maximum atomic E-state index is 12.7. The van der Waals surface area contributed by atoms with Crippen molar-refractivity contribution in [2.24, 2.45) is 5.73 Å². The number of benzene rings is 2. The first-order chi connectivity index (χ1) is 14.5. The molecule has 2 aromatic carbocycles. The highest BCUT2D eigenvalue weighted by molar-refractivity contribution is 7.15. The molecule has 9 heteroatoms. The van der Waals surface area contributed by atoms with Gasteiger partial charge >= 0.3 is 0 Å². The van der Waals surface area contributed by atoms with E-state index < -0.39 is 5.91 Å². The summed E-state index contributed by atoms with van der Waals surface area (Å²) in [5.41, 5.74) is 6.46. The molecule has 1 amide bonds. The molecule has 4 rings (SSSR count). The third-order valence-electron chi connectivity index (χ3n) is 4.16. The number of thiazole rings is 1. The lowest BCUT2D eigenvalue weighted by atomic mass is 10.2. The van der Waals surface area contributed by atoms with E-state index in [2.05, 4.69) is 10.1 Å². The molecular formula is C21H18N4O4S. The third kappa shape index (κ3) is 4.15. The van der Waals surface area contributed by atoms with Crippen molar-refractivity contribution in [1.29, 1.82) is 0 Å². The molecule has 2 aromatic heterocycles. The highest BCUT2D eigenvalue weighted by Crippen LogP contribution is 2.20. The first-order valence-electron chi connectivity index (χ1n) is 9.19. The van der Waals surface area contributed by atoms with Gasteiger partial charge in [0.25, 0.3) is 11.5 Å². The van der Waals surface area contributed by atoms with Gasteiger partial charge in [-0.1, -0.05) is 23.5 Å². The maximum absolute atomic E-state index is 12.7. The van der Waals surface area contributed by atoms with Crippen molar-refractivity contribution < 1.29 is 14.3 Å². The van der Waals surface area contributed by atoms with Gasteiger partial charge in [-0.15, -0.1) is 5.10 Å². The van der Waals surface area contributed by atoms with Crippen LogP contribution >= 0.6 is 11.3 Å². The number of primary amides is 1. The second-order valence-electron chi connectivity index (χ2n) is 6.33. The Morgan fingerprint density at radius 1 is 1.10 bits per heavy atom. The molecule has 0 atom stereocenters. The van der Waals surface area contributed by atoms with Crippen LogP contribution in [0.25, 0.3) is 22.4 Å². The summed E-state index contributed by atoms with van der Waals surface area (Å²) in [6.07, 6.45) is 1.76. The fourth-order valence-electron chi connectivity index (χ4n) is 2.79. The summed E-state index contributed by atoms with van der Waals surface area (Å²) >= 11 is 1.27. The van der Waals surface area contributed by atoms with Crippen molar-refractivity contribution in [2.75, 3.05) is 13.2 Å². The molecule has 2 heterocycles. The Bertz CT molecular complexity index is 1290. The summed E-state index contributed by atoms with van der Waals surface area (Å²) in [7, 11) is 0. The minimum atomic E-state index is -0.541. The number of nitrogens with zero attached hydrogens (tertiary/aromatic N) is 3. The van der Waals surface area contributed by atoms with Gasteiger partial charge in [0.15, 0.2) is 12.4 Å². The van der Waals surface area contributed by atoms with Gasteiger partial charge in [-0.3, -0.25) is 9.59 Å². The zero-order chi connectivity index (χ0) is 21.1. The van der Waals surface area contributed by atoms with Crippen LogP contribution in [0.5, 0.6) is 11.5 Å². The highest BCUT2D eigenvalue weighted by Gasteiger charge is 2.12. The van der Waals surface area contributed by atoms with Crippen molar-refractivity contribution in [3.63, 3.8) is 0 Å². The summed E-state index contributed by atoms with van der Waals surface area (Å²) in [6.45, 7) is 2.34. The SMILES string of the molecule is CCOc1ccc(-c2nc3s/c(=C\c4ccc(OCC(N)=O)cc4)c(=O)n3n2)cc1. The van der Waals surface area contributed by atoms with Gasteiger partial charge in [-0.05, 0) is 55.0 Å². The van der Waals surface area contributed by atoms with Gasteiger partial charge in [0.1, 0.15) is 11.5 Å². The average molecular weight is 422 g/mol. The van der Waals surface area contributed by atoms with Crippen LogP contribution in [0.4, 0.5) is 0 Å². The predicted octanol–water partition coefficient (Wildman–Crippen LogP) is 1.63. The van der Waals surface area contributed by atoms with Crippen LogP contribution in [0.2, 0.25) is 0 Å². The summed E-state index contributed by atoms with van der Waals surface area (Å²) in [6, 6.07) is 14.4. The quantitative estimate of drug-likeness (QED) is 0.485. The fourth-order valence-corrected chi connectivity index (χ4v) is 3.70. The van der Waals surface area contributed by atoms with E-state index in [0.29, 0.717) is 27.7 Å². The smallest absolute Gasteiger partial charge is 0.291 e. The van der Waals surface area contributed by atoms with Crippen LogP contribution in [0.3, 0.4) is 0 Å². The van der Waals surface area contributed by atoms with Crippen molar-refractivity contribution >= 4 is 28.3 Å². The molecule has 8 nitrogen and oxygen atoms in total. The third-order valence-corrected chi connectivity index (χ3v) is 5.12. The molecule has 4 aromatic rings. The van der Waals surface area contributed by atoms with Gasteiger partial charge in [-0.2, -0.15) is 9.50 Å². The molecule has 0 bridgehead atoms. The Labute approximate surface area is 175 Å². The number of hydrogen-bond acceptors (Lipinski definition) is 7. The van der Waals surface area contributed by atoms with E-state index in [-0.39, 0.29) is 12.2 Å². The molecule has 0 spiro atoms. The first kappa shape index (κ1) is 19.6. The monoisotopic (exact) mass is 422 g/mol. The van der Waals surface area contributed by atoms with Crippen LogP contribution in [0.1, 0.15) is 12.5 Å². The van der Waals surface area contributed by atoms with Crippen LogP contribution < -0.4 is 25.3 Å². The molecule has 0 saturated carbocycles. The number of ether oxygens (including phenoxy) is 2. The summed E-state index contributed by atoms with van der Waals surface area (Å²) in [4.78, 5) is 28.5. The normalized spacial score (nSPS) is 11.7. The minimum absolute atomic E-state index is 0.182. The Morgan fingerprint density at radius 2 is 1.77 bits per heavy atom. The summed E-state index contributed by atoms with van der Waals surface area (Å²) in [5, 5.41) is 4.35. The Kier molecular flexibility index (Phi) is 5.44. The molecule has 0 saturated heterocycles. The van der Waals surface area contributed by atoms with Crippen molar-refractivity contribution in [2.45, 2.75) is 6.92 Å². The van der Waals surface area contributed by atoms with Crippen LogP contribution in [0.15, 0.2) is 53.3 Å². The number of amides is 1. The molecule has 0 unspecified atom stereocenters. The lowest BCUT2D eigenvalue weighted by Crippen LogP contribution is -2.23. The van der Waals surface area contributed by atoms with E-state index in [9.17, 15) is 9.59 Å². The molecule has 0 radical (unpaired) electrons. The van der Waals surface area contributed by atoms with Gasteiger partial charge in [0.2, 0.25) is 4.96 Å². The molecule has 0 aliphatic rings. The van der Waals surface area contributed by atoms with Crippen LogP contribution in [-0.2, 0) is 4.79 Å². The summed E-state index contributed by atoms with van der Waals surface area (Å²) < 4.78 is 12.5. The number of hydrogen-bond donors (Lipinski definition) is 1. The number of aromatic nitrogens is 3. The number of rotatable bonds is 7. The topological polar surface area (TPSA) is 109 Å². The lowest BCUT2D eigenvalue weighted by Gasteiger charge is -2.03. The predicted molar refractivity (Wildman–Crippen MR) is 114 cm³/mol. The van der Waals surface area contributed by atoms with Crippen LogP contribution in [-0.4, -0.2) is 33.7 Å². The molecular weight excluding hydrogens is 404 g/mol. The van der Waals surface area contributed by atoms with E-state index in [0.717, 1.165) is 16.9 Å². The van der Waals surface area contributed by atoms with E-state index in [1.165, 1.54) is 15.9 Å². The Hall–Kier alpha value is -3.72. The van der Waals surface area contributed by atoms with E-state index in [1.54, 1.807) is 30.3 Å². The van der Waals surface area contributed by atoms with E-state index >= 15 is 0 Å². The number of carbonyl (C=O) groups is 1. The zero-order valence-corrected chi connectivity index (χ0v) is 16.9. The highest BCUT2D eigenvalue weighted by atomic mass is 32.1. The second-order valence-corrected chi connectivity index (χ2v) is 7.34. The van der Waals surface area contributed by atoms with Crippen molar-refractivity contribution in [3.05, 3.63) is 69.0 Å². The minimum Gasteiger partial charge on any atom is -0.494 e. The number of carbonyl (C=O) groups excluding carboxylic acids is 1. The zero-order valence-electron chi connectivity index (χ0n) is 16.1. The van der Waals surface area contributed by atoms with Crippen molar-refractivity contribution in [3.8, 4) is 22.9 Å². The van der Waals surface area contributed by atoms with Crippen molar-refractivity contribution in [1.82, 2.24) is 14.6 Å². The molecule has 0 aliphatic carbocycles. The van der Waals surface area contributed by atoms with E-state index in [4.69, 9.17) is 15.2 Å². The number of fused-ring (bicyclic) bond motifs is 1. The molecule has 30 heavy (non-hydrogen) atoms. The fraction of sp³-hybridized carbons (Fsp3) is 0.143. The first-order valence-corrected chi connectivity index (χ1v) is 10.0. The summed E-state index contributed by atoms with van der Waals surface area (Å²) in [5.74, 6) is 1.25. The van der Waals surface area contributed by atoms with Gasteiger partial charge < -0.3 is 15.2 Å². The van der Waals surface area contributed by atoms with E-state index in [1.807, 2.05) is 31.2 Å².